The predicted molar refractivity (Wildman–Crippen MR) is 87.1 cm³/mol. The van der Waals surface area contributed by atoms with Crippen molar-refractivity contribution < 1.29 is 4.92 Å². The number of nitrogens with one attached hydrogen (secondary N) is 1. The molecule has 22 heavy (non-hydrogen) atoms. The van der Waals surface area contributed by atoms with E-state index in [0.717, 1.165) is 12.8 Å². The van der Waals surface area contributed by atoms with Gasteiger partial charge in [0.2, 0.25) is 5.82 Å². The Morgan fingerprint density at radius 3 is 2.77 bits per heavy atom. The Kier molecular flexibility index (Phi) is 4.75. The number of rotatable bonds is 5. The Bertz CT molecular complexity index is 554. The summed E-state index contributed by atoms with van der Waals surface area (Å²) >= 11 is 0. The molecule has 0 aromatic carbocycles. The third-order valence-corrected chi connectivity index (χ3v) is 4.97. The molecule has 1 heterocycles. The summed E-state index contributed by atoms with van der Waals surface area (Å²) in [5.41, 5.74) is 0.579. The summed E-state index contributed by atoms with van der Waals surface area (Å²) < 4.78 is 1.57. The topological polar surface area (TPSA) is 76.2 Å². The Balaban J connectivity index is 2.22. The van der Waals surface area contributed by atoms with Crippen LogP contribution in [0.2, 0.25) is 0 Å². The highest BCUT2D eigenvalue weighted by Gasteiger charge is 2.37. The van der Waals surface area contributed by atoms with Gasteiger partial charge in [0.05, 0.1) is 4.92 Å². The van der Waals surface area contributed by atoms with Gasteiger partial charge in [-0.25, -0.2) is 4.68 Å². The summed E-state index contributed by atoms with van der Waals surface area (Å²) in [4.78, 5) is 13.2. The zero-order chi connectivity index (χ0) is 16.5. The van der Waals surface area contributed by atoms with Crippen molar-refractivity contribution >= 4 is 11.5 Å². The minimum Gasteiger partial charge on any atom is -0.363 e. The highest BCUT2D eigenvalue weighted by atomic mass is 16.6. The lowest BCUT2D eigenvalue weighted by Gasteiger charge is -2.45. The maximum atomic E-state index is 11.3. The zero-order valence-electron chi connectivity index (χ0n) is 14.2. The summed E-state index contributed by atoms with van der Waals surface area (Å²) in [7, 11) is 5.94. The highest BCUT2D eigenvalue weighted by Crippen LogP contribution is 2.37. The van der Waals surface area contributed by atoms with Crippen molar-refractivity contribution in [1.82, 2.24) is 14.7 Å². The summed E-state index contributed by atoms with van der Waals surface area (Å²) in [6.45, 7) is 4.66. The second kappa shape index (κ2) is 6.24. The number of aryl methyl sites for hydroxylation is 2. The molecule has 1 aromatic heterocycles. The van der Waals surface area contributed by atoms with Gasteiger partial charge in [0.25, 0.3) is 0 Å². The van der Waals surface area contributed by atoms with Crippen LogP contribution in [-0.2, 0) is 7.05 Å². The van der Waals surface area contributed by atoms with Crippen molar-refractivity contribution in [2.45, 2.75) is 45.1 Å². The van der Waals surface area contributed by atoms with Crippen molar-refractivity contribution in [3.63, 3.8) is 0 Å². The summed E-state index contributed by atoms with van der Waals surface area (Å²) in [5.74, 6) is 1.18. The van der Waals surface area contributed by atoms with Gasteiger partial charge in [0, 0.05) is 19.1 Å². The molecule has 2 atom stereocenters. The largest absolute Gasteiger partial charge is 0.363 e. The van der Waals surface area contributed by atoms with Gasteiger partial charge in [-0.2, -0.15) is 5.10 Å². The van der Waals surface area contributed by atoms with E-state index in [4.69, 9.17) is 0 Å². The van der Waals surface area contributed by atoms with Gasteiger partial charge >= 0.3 is 5.69 Å². The molecule has 1 fully saturated rings. The molecule has 2 unspecified atom stereocenters. The van der Waals surface area contributed by atoms with Gasteiger partial charge in [-0.1, -0.05) is 19.8 Å². The van der Waals surface area contributed by atoms with Gasteiger partial charge in [-0.05, 0) is 39.8 Å². The van der Waals surface area contributed by atoms with Crippen molar-refractivity contribution in [3.05, 3.63) is 15.8 Å². The zero-order valence-corrected chi connectivity index (χ0v) is 14.2. The third-order valence-electron chi connectivity index (χ3n) is 4.97. The molecule has 0 spiro atoms. The second-order valence-electron chi connectivity index (χ2n) is 6.84. The molecular weight excluding hydrogens is 282 g/mol. The molecule has 0 bridgehead atoms. The first-order valence-corrected chi connectivity index (χ1v) is 7.86. The standard InChI is InChI=1S/C15H27N5O2/c1-11-7-6-8-15(9-11,18(3)4)10-16-14-13(20(21)22)12(2)17-19(14)5/h11,16H,6-10H2,1-5H3. The van der Waals surface area contributed by atoms with Crippen LogP contribution in [0, 0.1) is 23.0 Å². The lowest BCUT2D eigenvalue weighted by molar-refractivity contribution is -0.384. The minimum absolute atomic E-state index is 0.0453. The number of nitro groups is 1. The molecule has 0 aliphatic heterocycles. The number of hydrogen-bond acceptors (Lipinski definition) is 5. The van der Waals surface area contributed by atoms with Gasteiger partial charge in [-0.15, -0.1) is 0 Å². The summed E-state index contributed by atoms with van der Waals surface area (Å²) in [5, 5.41) is 18.8. The molecular formula is C15H27N5O2. The van der Waals surface area contributed by atoms with Crippen LogP contribution in [0.15, 0.2) is 0 Å². The van der Waals surface area contributed by atoms with Crippen LogP contribution in [-0.4, -0.2) is 45.8 Å². The minimum atomic E-state index is -0.351. The van der Waals surface area contributed by atoms with E-state index in [1.807, 2.05) is 0 Å². The van der Waals surface area contributed by atoms with E-state index in [1.165, 1.54) is 12.8 Å². The summed E-state index contributed by atoms with van der Waals surface area (Å²) in [6, 6.07) is 0. The van der Waals surface area contributed by atoms with Gasteiger partial charge in [-0.3, -0.25) is 10.1 Å². The fraction of sp³-hybridized carbons (Fsp3) is 0.800. The third kappa shape index (κ3) is 3.09. The fourth-order valence-electron chi connectivity index (χ4n) is 3.67. The van der Waals surface area contributed by atoms with Gasteiger partial charge in [0.1, 0.15) is 5.69 Å². The van der Waals surface area contributed by atoms with E-state index in [9.17, 15) is 10.1 Å². The number of nitrogens with zero attached hydrogens (tertiary/aromatic N) is 4. The molecule has 7 heteroatoms. The molecule has 2 rings (SSSR count). The van der Waals surface area contributed by atoms with E-state index in [1.54, 1.807) is 18.7 Å². The smallest absolute Gasteiger partial charge is 0.333 e. The van der Waals surface area contributed by atoms with E-state index in [-0.39, 0.29) is 16.1 Å². The number of likely N-dealkylation sites (N-methyl/N-ethyl adjacent to an activating group) is 1. The maximum Gasteiger partial charge on any atom is 0.333 e. The Labute approximate surface area is 131 Å². The first-order valence-electron chi connectivity index (χ1n) is 7.86. The normalized spacial score (nSPS) is 25.5. The molecule has 1 aromatic rings. The number of hydrogen-bond donors (Lipinski definition) is 1. The fourth-order valence-corrected chi connectivity index (χ4v) is 3.67. The van der Waals surface area contributed by atoms with Crippen LogP contribution < -0.4 is 5.32 Å². The van der Waals surface area contributed by atoms with E-state index in [0.29, 0.717) is 24.0 Å². The average molecular weight is 309 g/mol. The van der Waals surface area contributed by atoms with Crippen LogP contribution in [0.1, 0.15) is 38.3 Å². The monoisotopic (exact) mass is 309 g/mol. The quantitative estimate of drug-likeness (QED) is 0.668. The lowest BCUT2D eigenvalue weighted by atomic mass is 9.75. The number of aromatic nitrogens is 2. The molecule has 124 valence electrons. The van der Waals surface area contributed by atoms with Crippen LogP contribution in [0.25, 0.3) is 0 Å². The highest BCUT2D eigenvalue weighted by molar-refractivity contribution is 5.59. The van der Waals surface area contributed by atoms with Crippen molar-refractivity contribution in [2.75, 3.05) is 26.0 Å². The van der Waals surface area contributed by atoms with E-state index >= 15 is 0 Å². The first kappa shape index (κ1) is 16.7. The molecule has 1 saturated carbocycles. The first-order chi connectivity index (χ1) is 10.3. The molecule has 1 aliphatic rings. The summed E-state index contributed by atoms with van der Waals surface area (Å²) in [6.07, 6.45) is 4.69. The molecule has 7 nitrogen and oxygen atoms in total. The maximum absolute atomic E-state index is 11.3. The van der Waals surface area contributed by atoms with Crippen LogP contribution in [0.5, 0.6) is 0 Å². The van der Waals surface area contributed by atoms with Gasteiger partial charge in [0.15, 0.2) is 0 Å². The van der Waals surface area contributed by atoms with E-state index < -0.39 is 0 Å². The Hall–Kier alpha value is -1.63. The molecule has 1 aliphatic carbocycles. The van der Waals surface area contributed by atoms with Crippen molar-refractivity contribution in [2.24, 2.45) is 13.0 Å². The van der Waals surface area contributed by atoms with Crippen molar-refractivity contribution in [1.29, 1.82) is 0 Å². The number of anilines is 1. The lowest BCUT2D eigenvalue weighted by Crippen LogP contribution is -2.52. The van der Waals surface area contributed by atoms with Gasteiger partial charge < -0.3 is 10.2 Å². The molecule has 1 N–H and O–H groups in total. The predicted octanol–water partition coefficient (Wildman–Crippen LogP) is 2.56. The molecule has 0 saturated heterocycles. The van der Waals surface area contributed by atoms with Crippen LogP contribution >= 0.6 is 0 Å². The van der Waals surface area contributed by atoms with E-state index in [2.05, 4.69) is 36.3 Å². The molecule has 0 radical (unpaired) electrons. The Morgan fingerprint density at radius 2 is 2.23 bits per heavy atom. The van der Waals surface area contributed by atoms with Crippen molar-refractivity contribution in [3.8, 4) is 0 Å². The van der Waals surface area contributed by atoms with Crippen LogP contribution in [0.4, 0.5) is 11.5 Å². The molecule has 0 amide bonds. The average Bonchev–Trinajstić information content (AvgIpc) is 2.70. The SMILES string of the molecule is Cc1nn(C)c(NCC2(N(C)C)CCCC(C)C2)c1[N+](=O)[O-]. The van der Waals surface area contributed by atoms with Crippen LogP contribution in [0.3, 0.4) is 0 Å². The second-order valence-corrected chi connectivity index (χ2v) is 6.84. The Morgan fingerprint density at radius 1 is 1.55 bits per heavy atom.